The number of hydrogen-bond donors (Lipinski definition) is 1. The van der Waals surface area contributed by atoms with Crippen molar-refractivity contribution in [3.63, 3.8) is 0 Å². The smallest absolute Gasteiger partial charge is 0.123 e. The number of hydrogen-bond acceptors (Lipinski definition) is 5. The highest BCUT2D eigenvalue weighted by Crippen LogP contribution is 2.44. The molecular weight excluding hydrogens is 258 g/mol. The van der Waals surface area contributed by atoms with Gasteiger partial charge in [-0.2, -0.15) is 0 Å². The third-order valence-electron chi connectivity index (χ3n) is 4.56. The molecule has 5 heteroatoms. The number of thiazole rings is 1. The quantitative estimate of drug-likeness (QED) is 0.919. The second kappa shape index (κ2) is 4.81. The zero-order valence-electron chi connectivity index (χ0n) is 11.2. The van der Waals surface area contributed by atoms with Crippen molar-refractivity contribution in [2.24, 2.45) is 5.73 Å². The number of rotatable bonds is 3. The topological polar surface area (TPSA) is 51.4 Å². The Balaban J connectivity index is 1.55. The monoisotopic (exact) mass is 279 g/mol. The molecule has 2 unspecified atom stereocenters. The largest absolute Gasteiger partial charge is 0.368 e. The predicted molar refractivity (Wildman–Crippen MR) is 75.3 cm³/mol. The molecule has 2 aliphatic heterocycles. The molecule has 2 saturated heterocycles. The molecule has 0 amide bonds. The molecule has 0 bridgehead atoms. The first-order chi connectivity index (χ1) is 9.35. The van der Waals surface area contributed by atoms with Crippen molar-refractivity contribution in [3.05, 3.63) is 15.6 Å². The van der Waals surface area contributed by atoms with Crippen LogP contribution < -0.4 is 5.73 Å². The Morgan fingerprint density at radius 3 is 3.05 bits per heavy atom. The lowest BCUT2D eigenvalue weighted by molar-refractivity contribution is -0.0502. The van der Waals surface area contributed by atoms with Crippen molar-refractivity contribution < 1.29 is 4.74 Å². The first-order valence-corrected chi connectivity index (χ1v) is 8.22. The van der Waals surface area contributed by atoms with Gasteiger partial charge in [0.25, 0.3) is 0 Å². The fourth-order valence-electron chi connectivity index (χ4n) is 3.31. The molecule has 104 valence electrons. The van der Waals surface area contributed by atoms with Gasteiger partial charge in [-0.3, -0.25) is 4.90 Å². The number of ether oxygens (including phenoxy) is 1. The highest BCUT2D eigenvalue weighted by molar-refractivity contribution is 7.11. The average molecular weight is 279 g/mol. The van der Waals surface area contributed by atoms with Gasteiger partial charge in [0.15, 0.2) is 0 Å². The van der Waals surface area contributed by atoms with E-state index in [1.807, 2.05) is 0 Å². The molecule has 0 radical (unpaired) electrons. The Hall–Kier alpha value is -0.490. The normalized spacial score (nSPS) is 31.6. The van der Waals surface area contributed by atoms with Crippen LogP contribution in [0.5, 0.6) is 0 Å². The van der Waals surface area contributed by atoms with E-state index in [1.54, 1.807) is 11.3 Å². The summed E-state index contributed by atoms with van der Waals surface area (Å²) >= 11 is 1.78. The van der Waals surface area contributed by atoms with Crippen LogP contribution in [-0.4, -0.2) is 35.6 Å². The number of nitrogens with two attached hydrogens (primary N) is 1. The maximum absolute atomic E-state index is 6.06. The molecule has 3 heterocycles. The van der Waals surface area contributed by atoms with E-state index in [-0.39, 0.29) is 6.10 Å². The van der Waals surface area contributed by atoms with Gasteiger partial charge in [0.2, 0.25) is 0 Å². The van der Waals surface area contributed by atoms with E-state index in [2.05, 4.69) is 4.90 Å². The van der Waals surface area contributed by atoms with E-state index in [1.165, 1.54) is 42.8 Å². The predicted octanol–water partition coefficient (Wildman–Crippen LogP) is 2.01. The van der Waals surface area contributed by atoms with Crippen LogP contribution in [0, 0.1) is 0 Å². The molecule has 1 saturated carbocycles. The van der Waals surface area contributed by atoms with Gasteiger partial charge in [0.05, 0.1) is 12.3 Å². The first kappa shape index (κ1) is 12.3. The Kier molecular flexibility index (Phi) is 3.10. The van der Waals surface area contributed by atoms with Gasteiger partial charge < -0.3 is 10.5 Å². The summed E-state index contributed by atoms with van der Waals surface area (Å²) < 4.78 is 6.06. The highest BCUT2D eigenvalue weighted by Gasteiger charge is 2.36. The minimum atomic E-state index is 0.178. The number of nitrogens with zero attached hydrogens (tertiary/aromatic N) is 2. The highest BCUT2D eigenvalue weighted by atomic mass is 32.1. The lowest BCUT2D eigenvalue weighted by atomic mass is 10.2. The molecule has 19 heavy (non-hydrogen) atoms. The molecule has 4 nitrogen and oxygen atoms in total. The first-order valence-electron chi connectivity index (χ1n) is 7.40. The van der Waals surface area contributed by atoms with Crippen LogP contribution in [0.1, 0.15) is 53.3 Å². The summed E-state index contributed by atoms with van der Waals surface area (Å²) in [6.45, 7) is 3.75. The van der Waals surface area contributed by atoms with Gasteiger partial charge in [0, 0.05) is 29.9 Å². The number of morpholine rings is 1. The fourth-order valence-corrected chi connectivity index (χ4v) is 4.38. The van der Waals surface area contributed by atoms with Crippen LogP contribution >= 0.6 is 11.3 Å². The molecule has 0 aromatic carbocycles. The Morgan fingerprint density at radius 2 is 2.26 bits per heavy atom. The third kappa shape index (κ3) is 2.23. The van der Waals surface area contributed by atoms with Crippen LogP contribution in [0.2, 0.25) is 0 Å². The third-order valence-corrected chi connectivity index (χ3v) is 5.74. The fraction of sp³-hybridized carbons (Fsp3) is 0.786. The minimum Gasteiger partial charge on any atom is -0.368 e. The standard InChI is InChI=1S/C14H21N3OS/c15-6-12-13(9-3-4-9)16-14(19-12)11-7-17-5-1-2-10(17)8-18-11/h9-11H,1-8,15H2. The summed E-state index contributed by atoms with van der Waals surface area (Å²) in [5.41, 5.74) is 7.14. The molecule has 0 spiro atoms. The second-order valence-corrected chi connectivity index (χ2v) is 7.07. The van der Waals surface area contributed by atoms with Crippen LogP contribution in [0.25, 0.3) is 0 Å². The van der Waals surface area contributed by atoms with Crippen molar-refractivity contribution >= 4 is 11.3 Å². The summed E-state index contributed by atoms with van der Waals surface area (Å²) in [6, 6.07) is 0.660. The molecule has 1 aromatic heterocycles. The maximum Gasteiger partial charge on any atom is 0.123 e. The molecule has 2 atom stereocenters. The lowest BCUT2D eigenvalue weighted by Crippen LogP contribution is -2.42. The van der Waals surface area contributed by atoms with E-state index in [0.717, 1.165) is 18.2 Å². The number of aromatic nitrogens is 1. The second-order valence-electron chi connectivity index (χ2n) is 5.95. The molecule has 4 rings (SSSR count). The van der Waals surface area contributed by atoms with Gasteiger partial charge in [-0.15, -0.1) is 11.3 Å². The minimum absolute atomic E-state index is 0.178. The molecule has 1 aliphatic carbocycles. The SMILES string of the molecule is NCc1sc(C2CN3CCCC3CO2)nc1C1CC1. The van der Waals surface area contributed by atoms with Crippen molar-refractivity contribution in [2.45, 2.75) is 50.3 Å². The van der Waals surface area contributed by atoms with Crippen LogP contribution in [0.15, 0.2) is 0 Å². The zero-order chi connectivity index (χ0) is 12.8. The van der Waals surface area contributed by atoms with E-state index in [9.17, 15) is 0 Å². The summed E-state index contributed by atoms with van der Waals surface area (Å²) in [7, 11) is 0. The summed E-state index contributed by atoms with van der Waals surface area (Å²) in [4.78, 5) is 8.73. The lowest BCUT2D eigenvalue weighted by Gasteiger charge is -2.34. The van der Waals surface area contributed by atoms with Crippen molar-refractivity contribution in [1.29, 1.82) is 0 Å². The zero-order valence-corrected chi connectivity index (χ0v) is 12.0. The van der Waals surface area contributed by atoms with E-state index in [4.69, 9.17) is 15.5 Å². The average Bonchev–Trinajstić information content (AvgIpc) is 3.03. The van der Waals surface area contributed by atoms with Crippen molar-refractivity contribution in [1.82, 2.24) is 9.88 Å². The van der Waals surface area contributed by atoms with Gasteiger partial charge in [-0.25, -0.2) is 4.98 Å². The molecule has 3 aliphatic rings. The van der Waals surface area contributed by atoms with Crippen LogP contribution in [0.3, 0.4) is 0 Å². The van der Waals surface area contributed by atoms with E-state index >= 15 is 0 Å². The molecule has 1 aromatic rings. The van der Waals surface area contributed by atoms with Crippen LogP contribution in [-0.2, 0) is 11.3 Å². The van der Waals surface area contributed by atoms with Gasteiger partial charge in [0.1, 0.15) is 11.1 Å². The van der Waals surface area contributed by atoms with E-state index < -0.39 is 0 Å². The van der Waals surface area contributed by atoms with E-state index in [0.29, 0.717) is 18.5 Å². The molecule has 2 N–H and O–H groups in total. The van der Waals surface area contributed by atoms with Gasteiger partial charge >= 0.3 is 0 Å². The molecular formula is C14H21N3OS. The molecule has 3 fully saturated rings. The Bertz CT molecular complexity index is 471. The summed E-state index contributed by atoms with van der Waals surface area (Å²) in [5, 5.41) is 1.16. The van der Waals surface area contributed by atoms with Crippen molar-refractivity contribution in [2.75, 3.05) is 19.7 Å². The van der Waals surface area contributed by atoms with Crippen LogP contribution in [0.4, 0.5) is 0 Å². The summed E-state index contributed by atoms with van der Waals surface area (Å²) in [5.74, 6) is 0.687. The van der Waals surface area contributed by atoms with Crippen molar-refractivity contribution in [3.8, 4) is 0 Å². The number of fused-ring (bicyclic) bond motifs is 1. The maximum atomic E-state index is 6.06. The Labute approximate surface area is 118 Å². The van der Waals surface area contributed by atoms with Gasteiger partial charge in [-0.1, -0.05) is 0 Å². The van der Waals surface area contributed by atoms with Gasteiger partial charge in [-0.05, 0) is 32.2 Å². The Morgan fingerprint density at radius 1 is 1.37 bits per heavy atom. The summed E-state index contributed by atoms with van der Waals surface area (Å²) in [6.07, 6.45) is 5.37.